The topological polar surface area (TPSA) is 21.3 Å². The molecule has 1 atom stereocenters. The van der Waals surface area contributed by atoms with Crippen LogP contribution in [0.25, 0.3) is 0 Å². The average Bonchev–Trinajstić information content (AvgIpc) is 2.35. The van der Waals surface area contributed by atoms with E-state index in [0.717, 1.165) is 25.1 Å². The summed E-state index contributed by atoms with van der Waals surface area (Å²) in [5.74, 6) is 3.58. The van der Waals surface area contributed by atoms with Crippen LogP contribution in [0, 0.1) is 12.3 Å². The standard InChI is InChI=1S/C15H21NO/c1-4-6-9-12-17-15-11-8-7-10-14(15)13(3)16-5-2/h1,7-8,10-11,13,16H,5-6,9,12H2,2-3H3. The maximum atomic E-state index is 5.77. The van der Waals surface area contributed by atoms with Gasteiger partial charge in [0.05, 0.1) is 6.61 Å². The van der Waals surface area contributed by atoms with Crippen LogP contribution in [0.4, 0.5) is 0 Å². The van der Waals surface area contributed by atoms with E-state index in [4.69, 9.17) is 11.2 Å². The summed E-state index contributed by atoms with van der Waals surface area (Å²) in [6.07, 6.45) is 6.88. The van der Waals surface area contributed by atoms with Crippen molar-refractivity contribution >= 4 is 0 Å². The van der Waals surface area contributed by atoms with E-state index in [1.54, 1.807) is 0 Å². The van der Waals surface area contributed by atoms with Crippen LogP contribution in [0.5, 0.6) is 5.75 Å². The predicted molar refractivity (Wildman–Crippen MR) is 72.1 cm³/mol. The fourth-order valence-corrected chi connectivity index (χ4v) is 1.74. The van der Waals surface area contributed by atoms with E-state index >= 15 is 0 Å². The molecule has 2 heteroatoms. The number of terminal acetylenes is 1. The predicted octanol–water partition coefficient (Wildman–Crippen LogP) is 3.15. The molecule has 0 fully saturated rings. The van der Waals surface area contributed by atoms with Gasteiger partial charge in [-0.15, -0.1) is 12.3 Å². The number of rotatable bonds is 7. The van der Waals surface area contributed by atoms with Crippen molar-refractivity contribution in [2.45, 2.75) is 32.7 Å². The molecule has 2 nitrogen and oxygen atoms in total. The van der Waals surface area contributed by atoms with Crippen LogP contribution in [-0.4, -0.2) is 13.2 Å². The Hall–Kier alpha value is -1.46. The SMILES string of the molecule is C#CCCCOc1ccccc1C(C)NCC. The summed E-state index contributed by atoms with van der Waals surface area (Å²) in [6.45, 7) is 5.88. The van der Waals surface area contributed by atoms with E-state index in [1.807, 2.05) is 18.2 Å². The Morgan fingerprint density at radius 2 is 2.18 bits per heavy atom. The molecule has 0 saturated carbocycles. The van der Waals surface area contributed by atoms with Crippen molar-refractivity contribution in [1.82, 2.24) is 5.32 Å². The second-order valence-electron chi connectivity index (χ2n) is 3.97. The van der Waals surface area contributed by atoms with E-state index in [1.165, 1.54) is 5.56 Å². The second-order valence-corrected chi connectivity index (χ2v) is 3.97. The van der Waals surface area contributed by atoms with Crippen LogP contribution in [0.2, 0.25) is 0 Å². The zero-order chi connectivity index (χ0) is 12.5. The number of unbranched alkanes of at least 4 members (excludes halogenated alkanes) is 1. The summed E-state index contributed by atoms with van der Waals surface area (Å²) in [5.41, 5.74) is 1.20. The summed E-state index contributed by atoms with van der Waals surface area (Å²) in [6, 6.07) is 8.46. The number of nitrogens with one attached hydrogen (secondary N) is 1. The first-order valence-electron chi connectivity index (χ1n) is 6.18. The molecule has 17 heavy (non-hydrogen) atoms. The summed E-state index contributed by atoms with van der Waals surface area (Å²) in [7, 11) is 0. The highest BCUT2D eigenvalue weighted by Crippen LogP contribution is 2.24. The summed E-state index contributed by atoms with van der Waals surface area (Å²) in [5, 5.41) is 3.39. The van der Waals surface area contributed by atoms with Crippen molar-refractivity contribution in [2.75, 3.05) is 13.2 Å². The average molecular weight is 231 g/mol. The first-order chi connectivity index (χ1) is 8.29. The number of hydrogen-bond acceptors (Lipinski definition) is 2. The van der Waals surface area contributed by atoms with E-state index in [-0.39, 0.29) is 0 Å². The van der Waals surface area contributed by atoms with Gasteiger partial charge in [-0.25, -0.2) is 0 Å². The minimum atomic E-state index is 0.309. The molecule has 1 N–H and O–H groups in total. The van der Waals surface area contributed by atoms with Gasteiger partial charge in [0.25, 0.3) is 0 Å². The third-order valence-corrected chi connectivity index (χ3v) is 2.62. The van der Waals surface area contributed by atoms with E-state index < -0.39 is 0 Å². The summed E-state index contributed by atoms with van der Waals surface area (Å²) in [4.78, 5) is 0. The Bertz CT molecular complexity index is 367. The fourth-order valence-electron chi connectivity index (χ4n) is 1.74. The molecule has 0 saturated heterocycles. The fraction of sp³-hybridized carbons (Fsp3) is 0.467. The highest BCUT2D eigenvalue weighted by atomic mass is 16.5. The molecule has 1 aromatic rings. The molecule has 0 spiro atoms. The normalized spacial score (nSPS) is 11.8. The van der Waals surface area contributed by atoms with Gasteiger partial charge in [-0.05, 0) is 26.0 Å². The van der Waals surface area contributed by atoms with Gasteiger partial charge in [-0.1, -0.05) is 25.1 Å². The molecule has 0 aliphatic heterocycles. The van der Waals surface area contributed by atoms with Gasteiger partial charge < -0.3 is 10.1 Å². The van der Waals surface area contributed by atoms with Crippen molar-refractivity contribution in [3.63, 3.8) is 0 Å². The highest BCUT2D eigenvalue weighted by Gasteiger charge is 2.09. The van der Waals surface area contributed by atoms with Gasteiger partial charge in [0.1, 0.15) is 5.75 Å². The van der Waals surface area contributed by atoms with Crippen LogP contribution in [0.15, 0.2) is 24.3 Å². The molecular formula is C15H21NO. The molecule has 1 unspecified atom stereocenters. The second kappa shape index (κ2) is 7.76. The first kappa shape index (κ1) is 13.6. The van der Waals surface area contributed by atoms with Gasteiger partial charge >= 0.3 is 0 Å². The molecule has 0 aliphatic rings. The van der Waals surface area contributed by atoms with Crippen molar-refractivity contribution in [3.8, 4) is 18.1 Å². The van der Waals surface area contributed by atoms with Crippen LogP contribution in [-0.2, 0) is 0 Å². The van der Waals surface area contributed by atoms with Crippen molar-refractivity contribution in [3.05, 3.63) is 29.8 Å². The third-order valence-electron chi connectivity index (χ3n) is 2.62. The summed E-state index contributed by atoms with van der Waals surface area (Å²) >= 11 is 0. The smallest absolute Gasteiger partial charge is 0.124 e. The Morgan fingerprint density at radius 1 is 1.41 bits per heavy atom. The Morgan fingerprint density at radius 3 is 2.88 bits per heavy atom. The van der Waals surface area contributed by atoms with Crippen LogP contribution in [0.1, 0.15) is 38.3 Å². The molecule has 1 rings (SSSR count). The maximum absolute atomic E-state index is 5.77. The molecule has 1 aromatic carbocycles. The lowest BCUT2D eigenvalue weighted by Crippen LogP contribution is -2.18. The number of para-hydroxylation sites is 1. The lowest BCUT2D eigenvalue weighted by Gasteiger charge is -2.17. The Kier molecular flexibility index (Phi) is 6.21. The molecule has 92 valence electrons. The van der Waals surface area contributed by atoms with Crippen molar-refractivity contribution < 1.29 is 4.74 Å². The van der Waals surface area contributed by atoms with E-state index in [2.05, 4.69) is 31.2 Å². The van der Waals surface area contributed by atoms with Gasteiger partial charge in [0.2, 0.25) is 0 Å². The quantitative estimate of drug-likeness (QED) is 0.575. The van der Waals surface area contributed by atoms with Crippen LogP contribution < -0.4 is 10.1 Å². The van der Waals surface area contributed by atoms with Crippen molar-refractivity contribution in [2.24, 2.45) is 0 Å². The van der Waals surface area contributed by atoms with Crippen LogP contribution >= 0.6 is 0 Å². The van der Waals surface area contributed by atoms with Crippen LogP contribution in [0.3, 0.4) is 0 Å². The first-order valence-corrected chi connectivity index (χ1v) is 6.18. The minimum Gasteiger partial charge on any atom is -0.493 e. The van der Waals surface area contributed by atoms with E-state index in [9.17, 15) is 0 Å². The van der Waals surface area contributed by atoms with E-state index in [0.29, 0.717) is 12.6 Å². The maximum Gasteiger partial charge on any atom is 0.124 e. The molecule has 0 heterocycles. The zero-order valence-electron chi connectivity index (χ0n) is 10.7. The lowest BCUT2D eigenvalue weighted by atomic mass is 10.1. The lowest BCUT2D eigenvalue weighted by molar-refractivity contribution is 0.306. The van der Waals surface area contributed by atoms with Gasteiger partial charge in [-0.3, -0.25) is 0 Å². The van der Waals surface area contributed by atoms with Gasteiger partial charge in [0.15, 0.2) is 0 Å². The third kappa shape index (κ3) is 4.50. The Labute approximate surface area is 104 Å². The molecule has 0 amide bonds. The molecular weight excluding hydrogens is 210 g/mol. The monoisotopic (exact) mass is 231 g/mol. The van der Waals surface area contributed by atoms with Gasteiger partial charge in [-0.2, -0.15) is 0 Å². The number of benzene rings is 1. The highest BCUT2D eigenvalue weighted by molar-refractivity contribution is 5.35. The zero-order valence-corrected chi connectivity index (χ0v) is 10.7. The Balaban J connectivity index is 2.61. The molecule has 0 aliphatic carbocycles. The molecule has 0 bridgehead atoms. The van der Waals surface area contributed by atoms with Gasteiger partial charge in [0, 0.05) is 18.0 Å². The molecule has 0 radical (unpaired) electrons. The minimum absolute atomic E-state index is 0.309. The molecule has 0 aromatic heterocycles. The largest absolute Gasteiger partial charge is 0.493 e. The number of hydrogen-bond donors (Lipinski definition) is 1. The van der Waals surface area contributed by atoms with Crippen molar-refractivity contribution in [1.29, 1.82) is 0 Å². The number of ether oxygens (including phenoxy) is 1. The summed E-state index contributed by atoms with van der Waals surface area (Å²) < 4.78 is 5.77.